The van der Waals surface area contributed by atoms with E-state index in [-0.39, 0.29) is 28.6 Å². The van der Waals surface area contributed by atoms with Crippen LogP contribution in [0.15, 0.2) is 59.4 Å². The maximum Gasteiger partial charge on any atom is 0.258 e. The molecule has 1 aromatic heterocycles. The largest absolute Gasteiger partial charge is 0.358 e. The molecule has 35 heavy (non-hydrogen) atoms. The maximum atomic E-state index is 13.6. The Morgan fingerprint density at radius 1 is 0.971 bits per heavy atom. The Morgan fingerprint density at radius 2 is 1.77 bits per heavy atom. The highest BCUT2D eigenvalue weighted by Gasteiger charge is 2.42. The van der Waals surface area contributed by atoms with Crippen molar-refractivity contribution in [2.75, 3.05) is 34.8 Å². The predicted molar refractivity (Wildman–Crippen MR) is 132 cm³/mol. The van der Waals surface area contributed by atoms with Crippen molar-refractivity contribution in [1.29, 1.82) is 0 Å². The zero-order valence-corrected chi connectivity index (χ0v) is 19.1. The van der Waals surface area contributed by atoms with Crippen LogP contribution in [-0.4, -0.2) is 36.4 Å². The van der Waals surface area contributed by atoms with E-state index < -0.39 is 0 Å². The van der Waals surface area contributed by atoms with Gasteiger partial charge in [-0.05, 0) is 60.7 Å². The van der Waals surface area contributed by atoms with Gasteiger partial charge >= 0.3 is 0 Å². The number of nitrogens with zero attached hydrogens (tertiary/aromatic N) is 2. The second-order valence-electron chi connectivity index (χ2n) is 9.64. The van der Waals surface area contributed by atoms with Crippen molar-refractivity contribution < 1.29 is 14.0 Å². The lowest BCUT2D eigenvalue weighted by atomic mass is 9.68. The second-order valence-corrected chi connectivity index (χ2v) is 9.64. The molecule has 178 valence electrons. The van der Waals surface area contributed by atoms with Gasteiger partial charge in [-0.2, -0.15) is 0 Å². The van der Waals surface area contributed by atoms with E-state index in [1.165, 1.54) is 23.8 Å². The molecule has 3 aliphatic heterocycles. The molecule has 8 heteroatoms. The first kappa shape index (κ1) is 21.6. The van der Waals surface area contributed by atoms with Crippen LogP contribution in [0.3, 0.4) is 0 Å². The summed E-state index contributed by atoms with van der Waals surface area (Å²) < 4.78 is 13.6. The average molecular weight is 473 g/mol. The Bertz CT molecular complexity index is 1410. The number of piperidine rings is 1. The lowest BCUT2D eigenvalue weighted by Gasteiger charge is -2.45. The molecule has 0 unspecified atom stereocenters. The summed E-state index contributed by atoms with van der Waals surface area (Å²) in [6.07, 6.45) is 2.56. The standard InChI is InChI=1S/C27H25FN4O3/c28-19-5-6-22-17(13-19)7-10-32(22)26(35)18-14-23(30-24(33)15-18)31-11-8-27(9-12-31)16-25(34)29-21-4-2-1-3-20(21)27/h1-6,13-15H,7-12,16H2,(H,29,34)(H,30,33). The molecule has 0 bridgehead atoms. The van der Waals surface area contributed by atoms with Crippen LogP contribution in [0.4, 0.5) is 21.6 Å². The van der Waals surface area contributed by atoms with Crippen molar-refractivity contribution in [2.45, 2.75) is 31.1 Å². The number of para-hydroxylation sites is 1. The molecular weight excluding hydrogens is 447 g/mol. The number of carbonyl (C=O) groups is 2. The molecule has 2 aromatic carbocycles. The molecule has 7 nitrogen and oxygen atoms in total. The Morgan fingerprint density at radius 3 is 2.60 bits per heavy atom. The van der Waals surface area contributed by atoms with Crippen LogP contribution in [0.5, 0.6) is 0 Å². The first-order valence-electron chi connectivity index (χ1n) is 11.9. The zero-order chi connectivity index (χ0) is 24.2. The number of rotatable bonds is 2. The fourth-order valence-electron chi connectivity index (χ4n) is 5.83. The smallest absolute Gasteiger partial charge is 0.258 e. The van der Waals surface area contributed by atoms with Crippen molar-refractivity contribution in [3.63, 3.8) is 0 Å². The SMILES string of the molecule is O=C1CC2(CCN(c3cc(C(=O)N4CCc5cc(F)ccc54)cc(=O)[nH]3)CC2)c2ccccc2N1. The average Bonchev–Trinajstić information content (AvgIpc) is 3.26. The number of anilines is 3. The van der Waals surface area contributed by atoms with Crippen LogP contribution in [0.2, 0.25) is 0 Å². The lowest BCUT2D eigenvalue weighted by molar-refractivity contribution is -0.118. The minimum atomic E-state index is -0.341. The van der Waals surface area contributed by atoms with E-state index in [2.05, 4.69) is 21.3 Å². The number of nitrogens with one attached hydrogen (secondary N) is 2. The Labute approximate surface area is 201 Å². The van der Waals surface area contributed by atoms with Gasteiger partial charge < -0.3 is 20.1 Å². The van der Waals surface area contributed by atoms with Crippen LogP contribution < -0.4 is 20.7 Å². The van der Waals surface area contributed by atoms with Gasteiger partial charge in [0.1, 0.15) is 11.6 Å². The topological polar surface area (TPSA) is 85.5 Å². The number of H-pyrrole nitrogens is 1. The monoisotopic (exact) mass is 472 g/mol. The van der Waals surface area contributed by atoms with Gasteiger partial charge in [0.2, 0.25) is 11.5 Å². The first-order chi connectivity index (χ1) is 16.9. The van der Waals surface area contributed by atoms with Gasteiger partial charge in [-0.3, -0.25) is 14.4 Å². The Hall–Kier alpha value is -3.94. The van der Waals surface area contributed by atoms with E-state index in [1.54, 1.807) is 17.0 Å². The summed E-state index contributed by atoms with van der Waals surface area (Å²) in [6.45, 7) is 1.76. The lowest BCUT2D eigenvalue weighted by Crippen LogP contribution is -2.47. The summed E-state index contributed by atoms with van der Waals surface area (Å²) in [4.78, 5) is 44.8. The maximum absolute atomic E-state index is 13.6. The zero-order valence-electron chi connectivity index (χ0n) is 19.1. The minimum Gasteiger partial charge on any atom is -0.358 e. The van der Waals surface area contributed by atoms with Crippen LogP contribution >= 0.6 is 0 Å². The molecule has 4 heterocycles. The predicted octanol–water partition coefficient (Wildman–Crippen LogP) is 3.60. The van der Waals surface area contributed by atoms with E-state index in [9.17, 15) is 18.8 Å². The molecule has 1 spiro atoms. The molecule has 3 aliphatic rings. The van der Waals surface area contributed by atoms with Gasteiger partial charge in [0, 0.05) is 54.5 Å². The van der Waals surface area contributed by atoms with Gasteiger partial charge in [-0.15, -0.1) is 0 Å². The molecule has 0 radical (unpaired) electrons. The van der Waals surface area contributed by atoms with Crippen LogP contribution in [0.25, 0.3) is 0 Å². The van der Waals surface area contributed by atoms with Crippen molar-refractivity contribution in [2.24, 2.45) is 0 Å². The van der Waals surface area contributed by atoms with Gasteiger partial charge in [0.15, 0.2) is 0 Å². The number of fused-ring (bicyclic) bond motifs is 3. The molecule has 0 saturated carbocycles. The van der Waals surface area contributed by atoms with E-state index in [0.717, 1.165) is 24.1 Å². The third kappa shape index (κ3) is 3.69. The number of halogens is 1. The fourth-order valence-corrected chi connectivity index (χ4v) is 5.83. The van der Waals surface area contributed by atoms with E-state index >= 15 is 0 Å². The number of pyridine rings is 1. The number of carbonyl (C=O) groups excluding carboxylic acids is 2. The van der Waals surface area contributed by atoms with Crippen LogP contribution in [-0.2, 0) is 16.6 Å². The van der Waals surface area contributed by atoms with Crippen molar-refractivity contribution in [3.05, 3.63) is 87.5 Å². The summed E-state index contributed by atoms with van der Waals surface area (Å²) in [5.74, 6) is 0.0400. The number of hydrogen-bond donors (Lipinski definition) is 2. The van der Waals surface area contributed by atoms with Crippen molar-refractivity contribution in [3.8, 4) is 0 Å². The number of benzene rings is 2. The third-order valence-corrected chi connectivity index (χ3v) is 7.59. The molecule has 0 atom stereocenters. The quantitative estimate of drug-likeness (QED) is 0.597. The van der Waals surface area contributed by atoms with Gasteiger partial charge in [-0.25, -0.2) is 4.39 Å². The molecule has 2 amide bonds. The summed E-state index contributed by atoms with van der Waals surface area (Å²) >= 11 is 0. The number of hydrogen-bond acceptors (Lipinski definition) is 4. The number of aromatic nitrogens is 1. The van der Waals surface area contributed by atoms with E-state index in [0.29, 0.717) is 49.5 Å². The highest BCUT2D eigenvalue weighted by atomic mass is 19.1. The summed E-state index contributed by atoms with van der Waals surface area (Å²) in [7, 11) is 0. The summed E-state index contributed by atoms with van der Waals surface area (Å²) in [5, 5.41) is 2.98. The molecule has 3 aromatic rings. The normalized spacial score (nSPS) is 18.3. The number of aromatic amines is 1. The van der Waals surface area contributed by atoms with Gasteiger partial charge in [-0.1, -0.05) is 18.2 Å². The summed E-state index contributed by atoms with van der Waals surface area (Å²) in [5.41, 5.74) is 3.27. The number of amides is 2. The van der Waals surface area contributed by atoms with Crippen molar-refractivity contribution in [1.82, 2.24) is 4.98 Å². The molecular formula is C27H25FN4O3. The third-order valence-electron chi connectivity index (χ3n) is 7.59. The molecule has 2 N–H and O–H groups in total. The first-order valence-corrected chi connectivity index (χ1v) is 11.9. The van der Waals surface area contributed by atoms with E-state index in [4.69, 9.17) is 0 Å². The molecule has 0 aliphatic carbocycles. The molecule has 1 fully saturated rings. The highest BCUT2D eigenvalue weighted by molar-refractivity contribution is 6.07. The Kier molecular flexibility index (Phi) is 4.98. The second kappa shape index (κ2) is 8.08. The van der Waals surface area contributed by atoms with Gasteiger partial charge in [0.25, 0.3) is 5.91 Å². The molecule has 6 rings (SSSR count). The van der Waals surface area contributed by atoms with Crippen molar-refractivity contribution >= 4 is 29.0 Å². The highest BCUT2D eigenvalue weighted by Crippen LogP contribution is 2.45. The summed E-state index contributed by atoms with van der Waals surface area (Å²) in [6, 6.07) is 15.4. The Balaban J connectivity index is 1.25. The van der Waals surface area contributed by atoms with E-state index in [1.807, 2.05) is 18.2 Å². The molecule has 1 saturated heterocycles. The van der Waals surface area contributed by atoms with Crippen LogP contribution in [0.1, 0.15) is 40.7 Å². The minimum absolute atomic E-state index is 0.0314. The fraction of sp³-hybridized carbons (Fsp3) is 0.296. The van der Waals surface area contributed by atoms with Crippen LogP contribution in [0, 0.1) is 5.82 Å². The van der Waals surface area contributed by atoms with Gasteiger partial charge in [0.05, 0.1) is 0 Å².